The quantitative estimate of drug-likeness (QED) is 0.254. The molecule has 0 amide bonds. The highest BCUT2D eigenvalue weighted by Gasteiger charge is 2.33. The van der Waals surface area contributed by atoms with Crippen LogP contribution in [0, 0.1) is 84.7 Å². The summed E-state index contributed by atoms with van der Waals surface area (Å²) in [6.45, 7) is 63.5. The standard InChI is InChI=1S/3C9H18.C8H17N.C8H16.C7H15N.2C7H14O.CH4/c3*1-9(2,3)8-6-4-5-7-8;1-8(2,3)7-4-5-9-6-7;1-8(2,3)7-5-4-6-7;2*1-7(2,3)6-4-8-5-6;1-7(2,3)6-4-5-8-6;/h3*8H,4-7H2,1-3H3;7,9H,4-6H2,1-3H3;7H,4-6H2,1-3H3;6,8H,4-5H2,1-3H3;2*6H,4-5H2,1-3H3;1H4. The molecule has 0 aromatic carbocycles. The highest BCUT2D eigenvalue weighted by molar-refractivity contribution is 4.85. The summed E-state index contributed by atoms with van der Waals surface area (Å²) in [5, 5.41) is 6.65. The van der Waals surface area contributed by atoms with E-state index < -0.39 is 0 Å². The van der Waals surface area contributed by atoms with Gasteiger partial charge < -0.3 is 20.1 Å². The third-order valence-corrected chi connectivity index (χ3v) is 17.9. The van der Waals surface area contributed by atoms with Crippen molar-refractivity contribution >= 4 is 0 Å². The van der Waals surface area contributed by atoms with Crippen molar-refractivity contribution in [3.63, 3.8) is 0 Å². The number of hydrogen-bond acceptors (Lipinski definition) is 4. The first kappa shape index (κ1) is 68.8. The first-order chi connectivity index (χ1) is 30.8. The second-order valence-electron chi connectivity index (χ2n) is 31.9. The second kappa shape index (κ2) is 30.4. The molecule has 416 valence electrons. The van der Waals surface area contributed by atoms with Gasteiger partial charge in [-0.2, -0.15) is 0 Å². The van der Waals surface area contributed by atoms with Gasteiger partial charge in [0.25, 0.3) is 0 Å². The molecule has 0 aromatic heterocycles. The van der Waals surface area contributed by atoms with Crippen molar-refractivity contribution in [1.29, 1.82) is 0 Å². The molecule has 4 saturated heterocycles. The highest BCUT2D eigenvalue weighted by Crippen LogP contribution is 2.42. The Morgan fingerprint density at radius 3 is 0.623 bits per heavy atom. The molecule has 0 radical (unpaired) electrons. The molecule has 69 heavy (non-hydrogen) atoms. The van der Waals surface area contributed by atoms with E-state index in [1.807, 2.05) is 0 Å². The predicted molar refractivity (Wildman–Crippen MR) is 312 cm³/mol. The Hall–Kier alpha value is -0.160. The van der Waals surface area contributed by atoms with Crippen LogP contribution in [0.1, 0.15) is 283 Å². The van der Waals surface area contributed by atoms with Crippen LogP contribution in [0.2, 0.25) is 0 Å². The van der Waals surface area contributed by atoms with Gasteiger partial charge in [0.05, 0.1) is 19.3 Å². The fraction of sp³-hybridized carbons (Fsp3) is 1.00. The minimum atomic E-state index is 0. The maximum Gasteiger partial charge on any atom is 0.0645 e. The number of nitrogens with one attached hydrogen (secondary N) is 2. The van der Waals surface area contributed by atoms with Gasteiger partial charge in [-0.15, -0.1) is 0 Å². The molecule has 2 N–H and O–H groups in total. The molecular formula is C65H134N2O2. The van der Waals surface area contributed by atoms with Gasteiger partial charge in [-0.25, -0.2) is 0 Å². The van der Waals surface area contributed by atoms with E-state index >= 15 is 0 Å². The number of rotatable bonds is 0. The van der Waals surface area contributed by atoms with Crippen molar-refractivity contribution in [3.05, 3.63) is 0 Å². The maximum atomic E-state index is 5.30. The Kier molecular flexibility index (Phi) is 30.3. The van der Waals surface area contributed by atoms with E-state index in [2.05, 4.69) is 177 Å². The van der Waals surface area contributed by atoms with Gasteiger partial charge in [-0.05, 0) is 169 Å². The van der Waals surface area contributed by atoms with Gasteiger partial charge in [0.15, 0.2) is 0 Å². The molecule has 4 nitrogen and oxygen atoms in total. The van der Waals surface area contributed by atoms with E-state index in [1.165, 1.54) is 135 Å². The summed E-state index contributed by atoms with van der Waals surface area (Å²) in [6, 6.07) is 0. The average molecular weight is 976 g/mol. The lowest BCUT2D eigenvalue weighted by molar-refractivity contribution is -0.109. The van der Waals surface area contributed by atoms with Crippen LogP contribution >= 0.6 is 0 Å². The van der Waals surface area contributed by atoms with Crippen LogP contribution in [-0.2, 0) is 9.47 Å². The zero-order valence-corrected chi connectivity index (χ0v) is 51.4. The summed E-state index contributed by atoms with van der Waals surface area (Å²) >= 11 is 0. The maximum absolute atomic E-state index is 5.30. The summed E-state index contributed by atoms with van der Waals surface area (Å²) in [6.07, 6.45) is 25.3. The van der Waals surface area contributed by atoms with Crippen molar-refractivity contribution in [2.24, 2.45) is 84.7 Å². The Labute approximate surface area is 437 Å². The van der Waals surface area contributed by atoms with Crippen molar-refractivity contribution in [2.45, 2.75) is 289 Å². The molecule has 4 aliphatic carbocycles. The third kappa shape index (κ3) is 29.5. The van der Waals surface area contributed by atoms with Crippen LogP contribution in [0.4, 0.5) is 0 Å². The van der Waals surface area contributed by atoms with Gasteiger partial charge >= 0.3 is 0 Å². The van der Waals surface area contributed by atoms with E-state index in [0.29, 0.717) is 49.4 Å². The topological polar surface area (TPSA) is 42.5 Å². The van der Waals surface area contributed by atoms with Gasteiger partial charge in [0, 0.05) is 12.5 Å². The molecule has 8 fully saturated rings. The van der Waals surface area contributed by atoms with Crippen LogP contribution in [0.3, 0.4) is 0 Å². The van der Waals surface area contributed by atoms with Crippen molar-refractivity contribution < 1.29 is 9.47 Å². The average Bonchev–Trinajstić information content (AvgIpc) is 3.89. The van der Waals surface area contributed by atoms with Crippen LogP contribution in [-0.4, -0.2) is 52.1 Å². The normalized spacial score (nSPS) is 24.2. The molecule has 2 unspecified atom stereocenters. The lowest BCUT2D eigenvalue weighted by Gasteiger charge is -2.38. The van der Waals surface area contributed by atoms with Crippen LogP contribution in [0.15, 0.2) is 0 Å². The van der Waals surface area contributed by atoms with Gasteiger partial charge in [0.1, 0.15) is 0 Å². The number of ether oxygens (including phenoxy) is 2. The molecule has 0 spiro atoms. The minimum Gasteiger partial charge on any atom is -0.381 e. The Bertz CT molecular complexity index is 1040. The molecule has 4 aliphatic heterocycles. The molecule has 0 bridgehead atoms. The van der Waals surface area contributed by atoms with Crippen molar-refractivity contribution in [1.82, 2.24) is 10.6 Å². The summed E-state index contributed by atoms with van der Waals surface area (Å²) in [4.78, 5) is 0. The summed E-state index contributed by atoms with van der Waals surface area (Å²) in [5.41, 5.74) is 4.23. The summed E-state index contributed by atoms with van der Waals surface area (Å²) in [5.74, 6) is 6.69. The molecule has 0 aromatic rings. The van der Waals surface area contributed by atoms with E-state index in [1.54, 1.807) is 0 Å². The van der Waals surface area contributed by atoms with Crippen molar-refractivity contribution in [2.75, 3.05) is 46.0 Å². The highest BCUT2D eigenvalue weighted by atomic mass is 16.5. The SMILES string of the molecule is C.CC(C)(C)C1CCC1.CC(C)(C)C1CCCC1.CC(C)(C)C1CCCC1.CC(C)(C)C1CCCC1.CC(C)(C)C1CCNC1.CC(C)(C)C1CCO1.CC(C)(C)C1CNC1.CC(C)(C)C1COC1. The molecule has 4 saturated carbocycles. The van der Waals surface area contributed by atoms with Crippen LogP contribution < -0.4 is 10.6 Å². The Morgan fingerprint density at radius 1 is 0.290 bits per heavy atom. The molecular weight excluding hydrogens is 841 g/mol. The largest absolute Gasteiger partial charge is 0.381 e. The summed E-state index contributed by atoms with van der Waals surface area (Å²) in [7, 11) is 0. The van der Waals surface area contributed by atoms with E-state index in [-0.39, 0.29) is 7.43 Å². The van der Waals surface area contributed by atoms with Gasteiger partial charge in [-0.3, -0.25) is 0 Å². The Balaban J connectivity index is 0.000000765. The molecule has 8 aliphatic rings. The lowest BCUT2D eigenvalue weighted by atomic mass is 9.69. The third-order valence-electron chi connectivity index (χ3n) is 17.9. The minimum absolute atomic E-state index is 0. The van der Waals surface area contributed by atoms with E-state index in [4.69, 9.17) is 9.47 Å². The molecule has 4 heterocycles. The van der Waals surface area contributed by atoms with Gasteiger partial charge in [0.2, 0.25) is 0 Å². The fourth-order valence-corrected chi connectivity index (χ4v) is 10.6. The summed E-state index contributed by atoms with van der Waals surface area (Å²) < 4.78 is 10.4. The fourth-order valence-electron chi connectivity index (χ4n) is 10.6. The Morgan fingerprint density at radius 2 is 0.565 bits per heavy atom. The zero-order chi connectivity index (χ0) is 52.4. The van der Waals surface area contributed by atoms with Gasteiger partial charge in [-0.1, -0.05) is 219 Å². The first-order valence-electron chi connectivity index (χ1n) is 29.4. The van der Waals surface area contributed by atoms with Crippen molar-refractivity contribution in [3.8, 4) is 0 Å². The van der Waals surface area contributed by atoms with E-state index in [0.717, 1.165) is 61.2 Å². The number of hydrogen-bond donors (Lipinski definition) is 2. The second-order valence-corrected chi connectivity index (χ2v) is 31.9. The smallest absolute Gasteiger partial charge is 0.0645 e. The molecule has 4 heteroatoms. The first-order valence-corrected chi connectivity index (χ1v) is 29.4. The monoisotopic (exact) mass is 975 g/mol. The lowest BCUT2D eigenvalue weighted by Crippen LogP contribution is -2.48. The van der Waals surface area contributed by atoms with Crippen LogP contribution in [0.25, 0.3) is 0 Å². The molecule has 2 atom stereocenters. The predicted octanol–water partition coefficient (Wildman–Crippen LogP) is 19.5. The van der Waals surface area contributed by atoms with E-state index in [9.17, 15) is 0 Å². The zero-order valence-electron chi connectivity index (χ0n) is 51.4. The van der Waals surface area contributed by atoms with Crippen LogP contribution in [0.5, 0.6) is 0 Å². The molecule has 8 rings (SSSR count).